The molecule has 0 spiro atoms. The Morgan fingerprint density at radius 3 is 2.59 bits per heavy atom. The molecule has 12 heteroatoms. The summed E-state index contributed by atoms with van der Waals surface area (Å²) in [6.07, 6.45) is -0.988. The zero-order valence-corrected chi connectivity index (χ0v) is 19.8. The van der Waals surface area contributed by atoms with Crippen LogP contribution in [0, 0.1) is 17.8 Å². The Bertz CT molecular complexity index is 851. The number of alkyl halides is 3. The lowest BCUT2D eigenvalue weighted by Gasteiger charge is -2.36. The van der Waals surface area contributed by atoms with Gasteiger partial charge in [-0.15, -0.1) is 0 Å². The molecule has 4 aliphatic rings. The second-order valence-corrected chi connectivity index (χ2v) is 9.26. The molecular weight excluding hydrogens is 455 g/mol. The summed E-state index contributed by atoms with van der Waals surface area (Å²) in [6.45, 7) is 2.98. The minimum absolute atomic E-state index is 0.00267. The van der Waals surface area contributed by atoms with E-state index in [4.69, 9.17) is 19.2 Å². The van der Waals surface area contributed by atoms with Crippen molar-refractivity contribution >= 4 is 24.0 Å². The molecule has 0 N–H and O–H groups in total. The summed E-state index contributed by atoms with van der Waals surface area (Å²) in [6, 6.07) is -0.711. The van der Waals surface area contributed by atoms with Gasteiger partial charge in [0.2, 0.25) is 5.91 Å². The Morgan fingerprint density at radius 1 is 1.18 bits per heavy atom. The number of aliphatic imine (C=N–C) groups is 2. The lowest BCUT2D eigenvalue weighted by atomic mass is 9.78. The molecule has 0 aromatic heterocycles. The minimum Gasteiger partial charge on any atom is -0.377 e. The van der Waals surface area contributed by atoms with Crippen molar-refractivity contribution in [2.24, 2.45) is 32.8 Å². The number of hydrazone groups is 1. The number of fused-ring (bicyclic) bond motifs is 1. The SMILES string of the molecule is CCOC1C2=NC(C3C=NC(OC)C(OC)C3)CC(C)C2C(=O)N1C1C=NN(CC(F)(F)F)C1. The molecule has 8 atom stereocenters. The number of hydrogen-bond acceptors (Lipinski definition) is 8. The van der Waals surface area contributed by atoms with Crippen molar-refractivity contribution in [3.63, 3.8) is 0 Å². The smallest absolute Gasteiger partial charge is 0.377 e. The number of amides is 1. The molecule has 1 saturated heterocycles. The van der Waals surface area contributed by atoms with Gasteiger partial charge >= 0.3 is 6.18 Å². The Hall–Kier alpha value is -2.05. The fraction of sp³-hybridized carbons (Fsp3) is 0.818. The summed E-state index contributed by atoms with van der Waals surface area (Å²) in [7, 11) is 3.22. The molecule has 0 radical (unpaired) electrons. The highest BCUT2D eigenvalue weighted by Crippen LogP contribution is 2.40. The maximum atomic E-state index is 13.5. The fourth-order valence-corrected chi connectivity index (χ4v) is 5.44. The number of hydrogen-bond donors (Lipinski definition) is 0. The van der Waals surface area contributed by atoms with Crippen molar-refractivity contribution in [2.75, 3.05) is 33.9 Å². The lowest BCUT2D eigenvalue weighted by molar-refractivity contribution is -0.148. The maximum Gasteiger partial charge on any atom is 0.407 e. The van der Waals surface area contributed by atoms with Crippen molar-refractivity contribution in [2.45, 2.75) is 63.5 Å². The van der Waals surface area contributed by atoms with E-state index in [1.165, 1.54) is 11.1 Å². The molecule has 4 heterocycles. The molecule has 0 aromatic rings. The van der Waals surface area contributed by atoms with E-state index in [1.54, 1.807) is 14.2 Å². The lowest BCUT2D eigenvalue weighted by Crippen LogP contribution is -2.48. The highest BCUT2D eigenvalue weighted by atomic mass is 19.4. The van der Waals surface area contributed by atoms with Crippen molar-refractivity contribution in [1.29, 1.82) is 0 Å². The quantitative estimate of drug-likeness (QED) is 0.548. The van der Waals surface area contributed by atoms with E-state index in [9.17, 15) is 18.0 Å². The summed E-state index contributed by atoms with van der Waals surface area (Å²) in [5.41, 5.74) is 0.648. The largest absolute Gasteiger partial charge is 0.407 e. The Labute approximate surface area is 197 Å². The number of nitrogens with zero attached hydrogens (tertiary/aromatic N) is 5. The second kappa shape index (κ2) is 9.90. The van der Waals surface area contributed by atoms with Gasteiger partial charge in [0.1, 0.15) is 12.6 Å². The van der Waals surface area contributed by atoms with Crippen LogP contribution < -0.4 is 0 Å². The zero-order valence-electron chi connectivity index (χ0n) is 19.8. The van der Waals surface area contributed by atoms with Crippen LogP contribution in [-0.4, -0.2) is 105 Å². The first kappa shape index (κ1) is 25.1. The van der Waals surface area contributed by atoms with Crippen LogP contribution in [0.15, 0.2) is 15.1 Å². The predicted octanol–water partition coefficient (Wildman–Crippen LogP) is 1.97. The van der Waals surface area contributed by atoms with E-state index in [-0.39, 0.29) is 42.7 Å². The highest BCUT2D eigenvalue weighted by Gasteiger charge is 2.54. The number of rotatable bonds is 7. The Kier molecular flexibility index (Phi) is 7.30. The van der Waals surface area contributed by atoms with Crippen LogP contribution in [-0.2, 0) is 19.0 Å². The van der Waals surface area contributed by atoms with Gasteiger partial charge in [0.15, 0.2) is 12.5 Å². The van der Waals surface area contributed by atoms with E-state index in [0.29, 0.717) is 25.2 Å². The van der Waals surface area contributed by atoms with Crippen LogP contribution in [0.1, 0.15) is 26.7 Å². The molecule has 1 amide bonds. The van der Waals surface area contributed by atoms with E-state index in [0.717, 1.165) is 5.01 Å². The first-order valence-corrected chi connectivity index (χ1v) is 11.6. The third-order valence-corrected chi connectivity index (χ3v) is 6.97. The highest BCUT2D eigenvalue weighted by molar-refractivity contribution is 6.14. The first-order chi connectivity index (χ1) is 16.2. The van der Waals surface area contributed by atoms with Gasteiger partial charge in [-0.3, -0.25) is 19.8 Å². The molecule has 9 nitrogen and oxygen atoms in total. The van der Waals surface area contributed by atoms with Crippen LogP contribution in [0.2, 0.25) is 0 Å². The molecular formula is C22H32F3N5O4. The Balaban J connectivity index is 1.57. The van der Waals surface area contributed by atoms with Gasteiger partial charge in [-0.05, 0) is 25.7 Å². The summed E-state index contributed by atoms with van der Waals surface area (Å²) < 4.78 is 55.4. The third-order valence-electron chi connectivity index (χ3n) is 6.97. The third kappa shape index (κ3) is 4.85. The molecule has 0 saturated carbocycles. The minimum atomic E-state index is -4.37. The van der Waals surface area contributed by atoms with Crippen LogP contribution in [0.4, 0.5) is 13.2 Å². The van der Waals surface area contributed by atoms with E-state index in [2.05, 4.69) is 10.1 Å². The van der Waals surface area contributed by atoms with Gasteiger partial charge in [0.25, 0.3) is 0 Å². The van der Waals surface area contributed by atoms with Crippen molar-refractivity contribution in [3.05, 3.63) is 0 Å². The predicted molar refractivity (Wildman–Crippen MR) is 119 cm³/mol. The van der Waals surface area contributed by atoms with Crippen molar-refractivity contribution in [3.8, 4) is 0 Å². The molecule has 0 bridgehead atoms. The summed E-state index contributed by atoms with van der Waals surface area (Å²) >= 11 is 0. The van der Waals surface area contributed by atoms with Gasteiger partial charge < -0.3 is 19.1 Å². The zero-order chi connectivity index (χ0) is 24.6. The monoisotopic (exact) mass is 487 g/mol. The van der Waals surface area contributed by atoms with Crippen molar-refractivity contribution in [1.82, 2.24) is 9.91 Å². The van der Waals surface area contributed by atoms with Gasteiger partial charge in [0, 0.05) is 39.2 Å². The summed E-state index contributed by atoms with van der Waals surface area (Å²) in [5.74, 6) is -0.602. The van der Waals surface area contributed by atoms with Gasteiger partial charge in [-0.2, -0.15) is 18.3 Å². The summed E-state index contributed by atoms with van der Waals surface area (Å²) in [4.78, 5) is 24.5. The van der Waals surface area contributed by atoms with Crippen LogP contribution in [0.25, 0.3) is 0 Å². The van der Waals surface area contributed by atoms with E-state index < -0.39 is 30.9 Å². The molecule has 0 aliphatic carbocycles. The normalized spacial score (nSPS) is 38.0. The topological polar surface area (TPSA) is 88.3 Å². The number of carbonyl (C=O) groups is 1. The van der Waals surface area contributed by atoms with Crippen molar-refractivity contribution < 1.29 is 32.2 Å². The Morgan fingerprint density at radius 2 is 1.94 bits per heavy atom. The maximum absolute atomic E-state index is 13.5. The molecule has 8 unspecified atom stereocenters. The van der Waals surface area contributed by atoms with E-state index >= 15 is 0 Å². The standard InChI is InChI=1S/C22H32F3N5O4/c1-5-34-21-18-17(20(31)30(21)14-9-27-29(10-14)11-22(23,24)25)12(2)6-15(28-18)13-7-16(32-3)19(33-4)26-8-13/h8-9,12-17,19,21H,5-7,10-11H2,1-4H3. The fourth-order valence-electron chi connectivity index (χ4n) is 5.44. The number of carbonyl (C=O) groups excluding carboxylic acids is 1. The summed E-state index contributed by atoms with van der Waals surface area (Å²) in [5, 5.41) is 4.83. The number of ether oxygens (including phenoxy) is 3. The average Bonchev–Trinajstić information content (AvgIpc) is 3.34. The molecule has 0 aromatic carbocycles. The second-order valence-electron chi connectivity index (χ2n) is 9.26. The number of likely N-dealkylation sites (tertiary alicyclic amines) is 1. The van der Waals surface area contributed by atoms with E-state index in [1.807, 2.05) is 20.1 Å². The molecule has 4 rings (SSSR count). The van der Waals surface area contributed by atoms with Gasteiger partial charge in [-0.1, -0.05) is 6.92 Å². The van der Waals surface area contributed by atoms with Crippen LogP contribution in [0.3, 0.4) is 0 Å². The molecule has 1 fully saturated rings. The first-order valence-electron chi connectivity index (χ1n) is 11.6. The number of methoxy groups -OCH3 is 2. The van der Waals surface area contributed by atoms with Gasteiger partial charge in [-0.25, -0.2) is 0 Å². The molecule has 4 aliphatic heterocycles. The average molecular weight is 488 g/mol. The van der Waals surface area contributed by atoms with Crippen LogP contribution >= 0.6 is 0 Å². The van der Waals surface area contributed by atoms with Crippen LogP contribution in [0.5, 0.6) is 0 Å². The molecule has 34 heavy (non-hydrogen) atoms. The van der Waals surface area contributed by atoms with Gasteiger partial charge in [0.05, 0.1) is 30.3 Å². The number of halogens is 3. The molecule has 190 valence electrons.